The van der Waals surface area contributed by atoms with E-state index in [-0.39, 0.29) is 5.91 Å². The van der Waals surface area contributed by atoms with Gasteiger partial charge in [0.2, 0.25) is 0 Å². The number of anilines is 1. The van der Waals surface area contributed by atoms with Crippen LogP contribution in [0.15, 0.2) is 18.5 Å². The number of carbonyl (C=O) groups excluding carboxylic acids is 1. The number of aromatic nitrogens is 2. The van der Waals surface area contributed by atoms with Crippen molar-refractivity contribution in [1.82, 2.24) is 19.4 Å². The number of hydrogen-bond acceptors (Lipinski definition) is 6. The molecule has 5 rings (SSSR count). The van der Waals surface area contributed by atoms with Crippen LogP contribution in [0.1, 0.15) is 48.9 Å². The molecule has 0 N–H and O–H groups in total. The molecule has 0 aromatic carbocycles. The lowest BCUT2D eigenvalue weighted by Gasteiger charge is -2.45. The average molecular weight is 523 g/mol. The van der Waals surface area contributed by atoms with Gasteiger partial charge >= 0.3 is 0 Å². The SMILES string of the molecule is CN(CC#N)C[C@H]1CC[C@H](N2CN(C3CC3)C(=O)c3cnc4c(ccn4COCC[Si](C)(C)C)c32)CC1. The summed E-state index contributed by atoms with van der Waals surface area (Å²) >= 11 is 0. The van der Waals surface area contributed by atoms with Crippen molar-refractivity contribution in [2.24, 2.45) is 5.92 Å². The zero-order chi connectivity index (χ0) is 26.2. The molecular formula is C28H42N6O2Si. The summed E-state index contributed by atoms with van der Waals surface area (Å²) in [5.74, 6) is 0.765. The Balaban J connectivity index is 1.37. The Labute approximate surface area is 222 Å². The van der Waals surface area contributed by atoms with Crippen LogP contribution < -0.4 is 4.90 Å². The molecule has 2 aromatic heterocycles. The maximum Gasteiger partial charge on any atom is 0.259 e. The second-order valence-electron chi connectivity index (χ2n) is 12.5. The first-order valence-corrected chi connectivity index (χ1v) is 17.6. The first-order chi connectivity index (χ1) is 17.7. The smallest absolute Gasteiger partial charge is 0.259 e. The van der Waals surface area contributed by atoms with Gasteiger partial charge < -0.3 is 19.1 Å². The number of pyridine rings is 1. The molecule has 3 heterocycles. The number of nitrogens with zero attached hydrogens (tertiary/aromatic N) is 6. The number of amides is 1. The second kappa shape index (κ2) is 10.8. The summed E-state index contributed by atoms with van der Waals surface area (Å²) in [5.41, 5.74) is 2.72. The third kappa shape index (κ3) is 5.87. The summed E-state index contributed by atoms with van der Waals surface area (Å²) < 4.78 is 8.11. The molecule has 0 saturated heterocycles. The van der Waals surface area contributed by atoms with Gasteiger partial charge in [0.15, 0.2) is 0 Å². The zero-order valence-electron chi connectivity index (χ0n) is 22.9. The number of hydrogen-bond donors (Lipinski definition) is 0. The van der Waals surface area contributed by atoms with Crippen LogP contribution in [0.3, 0.4) is 0 Å². The zero-order valence-corrected chi connectivity index (χ0v) is 23.9. The van der Waals surface area contributed by atoms with Gasteiger partial charge in [-0.2, -0.15) is 5.26 Å². The van der Waals surface area contributed by atoms with Gasteiger partial charge in [-0.15, -0.1) is 0 Å². The molecule has 0 radical (unpaired) electrons. The molecule has 1 amide bonds. The monoisotopic (exact) mass is 522 g/mol. The number of nitriles is 1. The molecule has 3 aliphatic rings. The molecule has 0 spiro atoms. The lowest BCUT2D eigenvalue weighted by Crippen LogP contribution is -2.52. The number of rotatable bonds is 10. The van der Waals surface area contributed by atoms with E-state index in [1.165, 1.54) is 0 Å². The molecule has 37 heavy (non-hydrogen) atoms. The summed E-state index contributed by atoms with van der Waals surface area (Å²) in [7, 11) is 0.907. The van der Waals surface area contributed by atoms with Crippen molar-refractivity contribution in [3.63, 3.8) is 0 Å². The van der Waals surface area contributed by atoms with Crippen molar-refractivity contribution in [3.8, 4) is 6.07 Å². The Hall–Kier alpha value is -2.41. The van der Waals surface area contributed by atoms with Gasteiger partial charge in [0.25, 0.3) is 5.91 Å². The third-order valence-corrected chi connectivity index (χ3v) is 9.93. The Morgan fingerprint density at radius 1 is 1.14 bits per heavy atom. The van der Waals surface area contributed by atoms with Gasteiger partial charge in [0.05, 0.1) is 30.5 Å². The molecule has 9 heteroatoms. The minimum absolute atomic E-state index is 0.133. The summed E-state index contributed by atoms with van der Waals surface area (Å²) in [6, 6.07) is 6.31. The average Bonchev–Trinajstić information content (AvgIpc) is 3.61. The van der Waals surface area contributed by atoms with E-state index in [4.69, 9.17) is 15.0 Å². The predicted octanol–water partition coefficient (Wildman–Crippen LogP) is 4.74. The topological polar surface area (TPSA) is 77.6 Å². The molecule has 0 bridgehead atoms. The van der Waals surface area contributed by atoms with Gasteiger partial charge in [-0.05, 0) is 63.6 Å². The van der Waals surface area contributed by atoms with Gasteiger partial charge in [-0.3, -0.25) is 9.69 Å². The van der Waals surface area contributed by atoms with Crippen LogP contribution in [0.4, 0.5) is 5.69 Å². The van der Waals surface area contributed by atoms with E-state index in [1.54, 1.807) is 0 Å². The minimum atomic E-state index is -1.13. The Kier molecular flexibility index (Phi) is 7.62. The predicted molar refractivity (Wildman–Crippen MR) is 149 cm³/mol. The van der Waals surface area contributed by atoms with Crippen LogP contribution in [0.25, 0.3) is 11.0 Å². The van der Waals surface area contributed by atoms with E-state index in [1.807, 2.05) is 13.2 Å². The maximum absolute atomic E-state index is 13.5. The Bertz CT molecular complexity index is 1160. The lowest BCUT2D eigenvalue weighted by atomic mass is 9.84. The first kappa shape index (κ1) is 26.2. The highest BCUT2D eigenvalue weighted by atomic mass is 28.3. The fourth-order valence-corrected chi connectivity index (χ4v) is 6.68. The van der Waals surface area contributed by atoms with Crippen LogP contribution in [-0.2, 0) is 11.5 Å². The van der Waals surface area contributed by atoms with Crippen molar-refractivity contribution in [3.05, 3.63) is 24.0 Å². The summed E-state index contributed by atoms with van der Waals surface area (Å²) in [6.45, 7) is 10.5. The molecule has 2 fully saturated rings. The van der Waals surface area contributed by atoms with Crippen molar-refractivity contribution < 1.29 is 9.53 Å². The molecule has 1 aliphatic heterocycles. The van der Waals surface area contributed by atoms with E-state index < -0.39 is 8.07 Å². The van der Waals surface area contributed by atoms with Gasteiger partial charge in [0, 0.05) is 51.1 Å². The van der Waals surface area contributed by atoms with E-state index in [0.717, 1.165) is 80.0 Å². The highest BCUT2D eigenvalue weighted by Crippen LogP contribution is 2.42. The first-order valence-electron chi connectivity index (χ1n) is 13.9. The number of fused-ring (bicyclic) bond motifs is 3. The quantitative estimate of drug-likeness (QED) is 0.255. The molecule has 0 unspecified atom stereocenters. The molecule has 2 aliphatic carbocycles. The highest BCUT2D eigenvalue weighted by molar-refractivity contribution is 6.76. The van der Waals surface area contributed by atoms with Gasteiger partial charge in [-0.1, -0.05) is 19.6 Å². The van der Waals surface area contributed by atoms with Crippen LogP contribution in [-0.4, -0.2) is 78.8 Å². The van der Waals surface area contributed by atoms with Crippen LogP contribution in [0.5, 0.6) is 0 Å². The van der Waals surface area contributed by atoms with Crippen LogP contribution in [0, 0.1) is 17.2 Å². The maximum atomic E-state index is 13.5. The van der Waals surface area contributed by atoms with Crippen molar-refractivity contribution in [2.75, 3.05) is 38.3 Å². The van der Waals surface area contributed by atoms with Gasteiger partial charge in [0.1, 0.15) is 12.4 Å². The molecule has 2 aromatic rings. The number of carbonyl (C=O) groups is 1. The summed E-state index contributed by atoms with van der Waals surface area (Å²) in [4.78, 5) is 25.0. The van der Waals surface area contributed by atoms with Crippen LogP contribution in [0.2, 0.25) is 25.7 Å². The molecular weight excluding hydrogens is 480 g/mol. The molecule has 200 valence electrons. The highest BCUT2D eigenvalue weighted by Gasteiger charge is 2.42. The number of ether oxygens (including phenoxy) is 1. The van der Waals surface area contributed by atoms with Crippen molar-refractivity contribution in [1.29, 1.82) is 5.26 Å². The fourth-order valence-electron chi connectivity index (χ4n) is 5.92. The van der Waals surface area contributed by atoms with E-state index >= 15 is 0 Å². The molecule has 8 nitrogen and oxygen atoms in total. The normalized spacial score (nSPS) is 22.5. The lowest BCUT2D eigenvalue weighted by molar-refractivity contribution is 0.0717. The van der Waals surface area contributed by atoms with E-state index in [2.05, 4.69) is 57.2 Å². The minimum Gasteiger partial charge on any atom is -0.361 e. The Morgan fingerprint density at radius 2 is 1.84 bits per heavy atom. The van der Waals surface area contributed by atoms with Crippen LogP contribution >= 0.6 is 0 Å². The largest absolute Gasteiger partial charge is 0.361 e. The van der Waals surface area contributed by atoms with E-state index in [9.17, 15) is 4.79 Å². The van der Waals surface area contributed by atoms with E-state index in [0.29, 0.717) is 37.9 Å². The second-order valence-corrected chi connectivity index (χ2v) is 18.2. The molecule has 2 saturated carbocycles. The van der Waals surface area contributed by atoms with Crippen molar-refractivity contribution in [2.45, 2.75) is 83.0 Å². The Morgan fingerprint density at radius 3 is 2.51 bits per heavy atom. The molecule has 0 atom stereocenters. The summed E-state index contributed by atoms with van der Waals surface area (Å²) in [5, 5.41) is 10.1. The summed E-state index contributed by atoms with van der Waals surface area (Å²) in [6.07, 6.45) is 10.6. The van der Waals surface area contributed by atoms with Crippen molar-refractivity contribution >= 4 is 30.7 Å². The fraction of sp³-hybridized carbons (Fsp3) is 0.679. The third-order valence-electron chi connectivity index (χ3n) is 8.23. The standard InChI is InChI=1S/C28H42N6O2Si/c1-31(14-12-29)18-21-5-7-22(8-6-21)33-19-34(23-9-10-23)28(35)25-17-30-27-24(26(25)33)11-13-32(27)20-36-15-16-37(2,3)4/h11,13,17,21-23H,5-10,14-16,18-20H2,1-4H3/t21-,22-. The van der Waals surface area contributed by atoms with Gasteiger partial charge in [-0.25, -0.2) is 4.98 Å².